The van der Waals surface area contributed by atoms with Gasteiger partial charge in [-0.1, -0.05) is 6.92 Å². The van der Waals surface area contributed by atoms with Gasteiger partial charge in [-0.3, -0.25) is 0 Å². The van der Waals surface area contributed by atoms with E-state index < -0.39 is 0 Å². The molecule has 1 aromatic heterocycles. The first-order valence-electron chi connectivity index (χ1n) is 7.80. The zero-order chi connectivity index (χ0) is 15.1. The Balaban J connectivity index is 1.94. The van der Waals surface area contributed by atoms with Gasteiger partial charge < -0.3 is 20.3 Å². The van der Waals surface area contributed by atoms with Crippen molar-refractivity contribution in [2.45, 2.75) is 39.2 Å². The molecule has 0 bridgehead atoms. The van der Waals surface area contributed by atoms with Crippen molar-refractivity contribution in [3.63, 3.8) is 0 Å². The number of anilines is 2. The van der Waals surface area contributed by atoms with Gasteiger partial charge in [0.25, 0.3) is 0 Å². The first kappa shape index (κ1) is 15.8. The highest BCUT2D eigenvalue weighted by Crippen LogP contribution is 2.17. The highest BCUT2D eigenvalue weighted by atomic mass is 16.5. The molecule has 0 unspecified atom stereocenters. The van der Waals surface area contributed by atoms with Crippen LogP contribution in [-0.2, 0) is 0 Å². The van der Waals surface area contributed by atoms with Crippen molar-refractivity contribution in [2.24, 2.45) is 0 Å². The van der Waals surface area contributed by atoms with E-state index in [-0.39, 0.29) is 0 Å². The second kappa shape index (κ2) is 7.97. The Labute approximate surface area is 126 Å². The molecular formula is C14H26N6O. The summed E-state index contributed by atoms with van der Waals surface area (Å²) >= 11 is 0. The molecule has 2 heterocycles. The van der Waals surface area contributed by atoms with Crippen molar-refractivity contribution in [3.8, 4) is 6.01 Å². The standard InChI is InChI=1S/C14H26N6O/c1-4-8-20-9-6-11(7-10-20)16-13-17-12(15-3)18-14(19-13)21-5-2/h11H,4-10H2,1-3H3,(H2,15,16,17,18,19). The normalized spacial score (nSPS) is 16.7. The molecule has 1 aliphatic rings. The van der Waals surface area contributed by atoms with Crippen molar-refractivity contribution in [2.75, 3.05) is 43.9 Å². The van der Waals surface area contributed by atoms with E-state index in [9.17, 15) is 0 Å². The lowest BCUT2D eigenvalue weighted by molar-refractivity contribution is 0.219. The van der Waals surface area contributed by atoms with Gasteiger partial charge in [0.1, 0.15) is 0 Å². The highest BCUT2D eigenvalue weighted by Gasteiger charge is 2.19. The van der Waals surface area contributed by atoms with Crippen LogP contribution in [-0.4, -0.2) is 59.2 Å². The molecule has 7 heteroatoms. The number of ether oxygens (including phenoxy) is 1. The molecule has 118 valence electrons. The number of hydrogen-bond donors (Lipinski definition) is 2. The molecule has 1 fully saturated rings. The fourth-order valence-electron chi connectivity index (χ4n) is 2.53. The van der Waals surface area contributed by atoms with Crippen molar-refractivity contribution < 1.29 is 4.74 Å². The van der Waals surface area contributed by atoms with Gasteiger partial charge >= 0.3 is 6.01 Å². The smallest absolute Gasteiger partial charge is 0.323 e. The minimum Gasteiger partial charge on any atom is -0.464 e. The predicted molar refractivity (Wildman–Crippen MR) is 83.9 cm³/mol. The first-order valence-corrected chi connectivity index (χ1v) is 7.80. The second-order valence-corrected chi connectivity index (χ2v) is 5.21. The average Bonchev–Trinajstić information content (AvgIpc) is 2.49. The highest BCUT2D eigenvalue weighted by molar-refractivity contribution is 5.36. The number of hydrogen-bond acceptors (Lipinski definition) is 7. The lowest BCUT2D eigenvalue weighted by atomic mass is 10.1. The molecule has 1 saturated heterocycles. The maximum Gasteiger partial charge on any atom is 0.323 e. The van der Waals surface area contributed by atoms with Gasteiger partial charge in [-0.05, 0) is 32.7 Å². The molecule has 21 heavy (non-hydrogen) atoms. The van der Waals surface area contributed by atoms with E-state index in [1.54, 1.807) is 7.05 Å². The van der Waals surface area contributed by atoms with E-state index in [1.807, 2.05) is 6.92 Å². The monoisotopic (exact) mass is 294 g/mol. The molecule has 0 atom stereocenters. The summed E-state index contributed by atoms with van der Waals surface area (Å²) < 4.78 is 5.38. The van der Waals surface area contributed by atoms with Crippen LogP contribution in [0.4, 0.5) is 11.9 Å². The Morgan fingerprint density at radius 2 is 1.86 bits per heavy atom. The van der Waals surface area contributed by atoms with Crippen LogP contribution in [0.5, 0.6) is 6.01 Å². The third-order valence-corrected chi connectivity index (χ3v) is 3.57. The zero-order valence-electron chi connectivity index (χ0n) is 13.2. The fourth-order valence-corrected chi connectivity index (χ4v) is 2.53. The molecule has 7 nitrogen and oxygen atoms in total. The van der Waals surface area contributed by atoms with E-state index in [0.717, 1.165) is 25.9 Å². The molecule has 1 aliphatic heterocycles. The molecule has 0 spiro atoms. The average molecular weight is 294 g/mol. The third-order valence-electron chi connectivity index (χ3n) is 3.57. The molecule has 0 aromatic carbocycles. The Kier molecular flexibility index (Phi) is 5.98. The third kappa shape index (κ3) is 4.70. The Morgan fingerprint density at radius 3 is 2.48 bits per heavy atom. The Hall–Kier alpha value is -1.63. The van der Waals surface area contributed by atoms with Crippen LogP contribution >= 0.6 is 0 Å². The van der Waals surface area contributed by atoms with Gasteiger partial charge in [0.05, 0.1) is 6.61 Å². The predicted octanol–water partition coefficient (Wildman–Crippen LogP) is 1.60. The first-order chi connectivity index (χ1) is 10.2. The molecule has 0 radical (unpaired) electrons. The van der Waals surface area contributed by atoms with Gasteiger partial charge in [-0.2, -0.15) is 15.0 Å². The van der Waals surface area contributed by atoms with E-state index >= 15 is 0 Å². The second-order valence-electron chi connectivity index (χ2n) is 5.21. The molecule has 2 rings (SSSR count). The van der Waals surface area contributed by atoms with Crippen LogP contribution < -0.4 is 15.4 Å². The van der Waals surface area contributed by atoms with E-state index in [1.165, 1.54) is 13.0 Å². The number of likely N-dealkylation sites (tertiary alicyclic amines) is 1. The SMILES string of the molecule is CCCN1CCC(Nc2nc(NC)nc(OCC)n2)CC1. The fraction of sp³-hybridized carbons (Fsp3) is 0.786. The van der Waals surface area contributed by atoms with Crippen LogP contribution in [0.25, 0.3) is 0 Å². The van der Waals surface area contributed by atoms with Crippen LogP contribution in [0.2, 0.25) is 0 Å². The van der Waals surface area contributed by atoms with Crippen LogP contribution in [0, 0.1) is 0 Å². The van der Waals surface area contributed by atoms with E-state index in [4.69, 9.17) is 4.74 Å². The maximum atomic E-state index is 5.38. The quantitative estimate of drug-likeness (QED) is 0.791. The largest absolute Gasteiger partial charge is 0.464 e. The van der Waals surface area contributed by atoms with Gasteiger partial charge in [0.15, 0.2) is 0 Å². The maximum absolute atomic E-state index is 5.38. The summed E-state index contributed by atoms with van der Waals surface area (Å²) in [4.78, 5) is 15.3. The van der Waals surface area contributed by atoms with Crippen molar-refractivity contribution in [1.82, 2.24) is 19.9 Å². The Bertz CT molecular complexity index is 433. The van der Waals surface area contributed by atoms with Crippen molar-refractivity contribution in [1.29, 1.82) is 0 Å². The topological polar surface area (TPSA) is 75.2 Å². The van der Waals surface area contributed by atoms with Gasteiger partial charge in [0.2, 0.25) is 11.9 Å². The van der Waals surface area contributed by atoms with Crippen molar-refractivity contribution in [3.05, 3.63) is 0 Å². The minimum absolute atomic E-state index is 0.364. The summed E-state index contributed by atoms with van der Waals surface area (Å²) in [6.45, 7) is 8.14. The van der Waals surface area contributed by atoms with E-state index in [0.29, 0.717) is 30.6 Å². The minimum atomic E-state index is 0.364. The lowest BCUT2D eigenvalue weighted by Gasteiger charge is -2.32. The summed E-state index contributed by atoms with van der Waals surface area (Å²) in [5.41, 5.74) is 0. The van der Waals surface area contributed by atoms with Crippen LogP contribution in [0.15, 0.2) is 0 Å². The molecule has 0 saturated carbocycles. The molecular weight excluding hydrogens is 268 g/mol. The summed E-state index contributed by atoms with van der Waals surface area (Å²) in [6, 6.07) is 0.780. The van der Waals surface area contributed by atoms with Gasteiger partial charge in [-0.25, -0.2) is 0 Å². The molecule has 2 N–H and O–H groups in total. The summed E-state index contributed by atoms with van der Waals surface area (Å²) in [7, 11) is 1.79. The zero-order valence-corrected chi connectivity index (χ0v) is 13.2. The molecule has 1 aromatic rings. The molecule has 0 amide bonds. The van der Waals surface area contributed by atoms with Gasteiger partial charge in [0, 0.05) is 26.2 Å². The number of aromatic nitrogens is 3. The summed E-state index contributed by atoms with van der Waals surface area (Å²) in [5.74, 6) is 1.12. The van der Waals surface area contributed by atoms with Crippen LogP contribution in [0.1, 0.15) is 33.1 Å². The van der Waals surface area contributed by atoms with Crippen LogP contribution in [0.3, 0.4) is 0 Å². The number of nitrogens with one attached hydrogen (secondary N) is 2. The summed E-state index contributed by atoms with van der Waals surface area (Å²) in [6.07, 6.45) is 3.45. The number of piperidine rings is 1. The number of rotatable bonds is 7. The van der Waals surface area contributed by atoms with Crippen molar-refractivity contribution >= 4 is 11.9 Å². The lowest BCUT2D eigenvalue weighted by Crippen LogP contribution is -2.39. The molecule has 0 aliphatic carbocycles. The van der Waals surface area contributed by atoms with Gasteiger partial charge in [-0.15, -0.1) is 0 Å². The number of nitrogens with zero attached hydrogens (tertiary/aromatic N) is 4. The summed E-state index contributed by atoms with van der Waals surface area (Å²) in [5, 5.41) is 6.34. The van der Waals surface area contributed by atoms with E-state index in [2.05, 4.69) is 37.4 Å². The Morgan fingerprint density at radius 1 is 1.14 bits per heavy atom.